The maximum absolute atomic E-state index is 11.2. The van der Waals surface area contributed by atoms with E-state index in [9.17, 15) is 8.42 Å². The fourth-order valence-corrected chi connectivity index (χ4v) is 3.08. The van der Waals surface area contributed by atoms with Crippen molar-refractivity contribution in [3.8, 4) is 0 Å². The Morgan fingerprint density at radius 3 is 2.24 bits per heavy atom. The summed E-state index contributed by atoms with van der Waals surface area (Å²) in [5.41, 5.74) is 6.08. The molecule has 5 heteroatoms. The Kier molecular flexibility index (Phi) is 4.98. The average molecular weight is 262 g/mol. The highest BCUT2D eigenvalue weighted by atomic mass is 32.2. The normalized spacial score (nSPS) is 21.4. The van der Waals surface area contributed by atoms with E-state index >= 15 is 0 Å². The summed E-state index contributed by atoms with van der Waals surface area (Å²) >= 11 is 0. The quantitative estimate of drug-likeness (QED) is 0.803. The van der Waals surface area contributed by atoms with E-state index in [1.807, 2.05) is 0 Å². The Balaban J connectivity index is 2.55. The summed E-state index contributed by atoms with van der Waals surface area (Å²) in [6, 6.07) is -0.0877. The Morgan fingerprint density at radius 2 is 1.76 bits per heavy atom. The largest absolute Gasteiger partial charge is 0.326 e. The molecule has 0 radical (unpaired) electrons. The molecular formula is C12H26N2O2S. The maximum atomic E-state index is 11.2. The molecule has 0 aromatic carbocycles. The number of piperidine rings is 1. The summed E-state index contributed by atoms with van der Waals surface area (Å²) < 4.78 is 22.3. The molecule has 17 heavy (non-hydrogen) atoms. The van der Waals surface area contributed by atoms with E-state index in [4.69, 9.17) is 5.73 Å². The number of nitrogens with zero attached hydrogens (tertiary/aromatic N) is 1. The van der Waals surface area contributed by atoms with Crippen LogP contribution in [0.4, 0.5) is 0 Å². The highest BCUT2D eigenvalue weighted by Crippen LogP contribution is 2.24. The third kappa shape index (κ3) is 4.56. The molecule has 1 aliphatic rings. The van der Waals surface area contributed by atoms with Crippen LogP contribution in [0, 0.1) is 0 Å². The van der Waals surface area contributed by atoms with E-state index in [1.54, 1.807) is 0 Å². The van der Waals surface area contributed by atoms with E-state index < -0.39 is 9.84 Å². The van der Waals surface area contributed by atoms with Crippen LogP contribution in [-0.2, 0) is 9.84 Å². The van der Waals surface area contributed by atoms with Gasteiger partial charge in [-0.05, 0) is 46.2 Å². The molecule has 1 aliphatic heterocycles. The molecule has 0 spiro atoms. The van der Waals surface area contributed by atoms with Gasteiger partial charge in [-0.2, -0.15) is 0 Å². The lowest BCUT2D eigenvalue weighted by Gasteiger charge is -2.44. The molecule has 1 rings (SSSR count). The number of hydrogen-bond acceptors (Lipinski definition) is 4. The average Bonchev–Trinajstić information content (AvgIpc) is 2.26. The van der Waals surface area contributed by atoms with Crippen molar-refractivity contribution in [1.82, 2.24) is 4.90 Å². The second kappa shape index (κ2) is 5.67. The van der Waals surface area contributed by atoms with E-state index in [0.29, 0.717) is 6.42 Å². The summed E-state index contributed by atoms with van der Waals surface area (Å²) in [6.45, 7) is 6.43. The number of nitrogens with two attached hydrogens (primary N) is 1. The lowest BCUT2D eigenvalue weighted by atomic mass is 9.89. The predicted molar refractivity (Wildman–Crippen MR) is 71.8 cm³/mol. The predicted octanol–water partition coefficient (Wildman–Crippen LogP) is 1.01. The van der Waals surface area contributed by atoms with E-state index in [2.05, 4.69) is 18.7 Å². The standard InChI is InChI=1S/C12H26N2O2S/c1-12(2,14-8-5-4-6-9-14)11(13)7-10-17(3,15)16/h11H,4-10,13H2,1-3H3. The van der Waals surface area contributed by atoms with Gasteiger partial charge in [0.15, 0.2) is 0 Å². The van der Waals surface area contributed by atoms with Crippen LogP contribution in [0.1, 0.15) is 39.5 Å². The first-order valence-corrected chi connectivity index (χ1v) is 8.48. The monoisotopic (exact) mass is 262 g/mol. The Labute approximate surface area is 105 Å². The van der Waals surface area contributed by atoms with E-state index in [0.717, 1.165) is 13.1 Å². The third-order valence-corrected chi connectivity index (χ3v) is 4.86. The molecule has 0 aromatic rings. The second-order valence-electron chi connectivity index (χ2n) is 5.73. The fraction of sp³-hybridized carbons (Fsp3) is 1.00. The van der Waals surface area contributed by atoms with Crippen molar-refractivity contribution in [2.24, 2.45) is 5.73 Å². The molecule has 0 amide bonds. The van der Waals surface area contributed by atoms with Crippen molar-refractivity contribution >= 4 is 9.84 Å². The SMILES string of the molecule is CC(C)(C(N)CCS(C)(=O)=O)N1CCCCC1. The van der Waals surface area contributed by atoms with E-state index in [1.165, 1.54) is 25.5 Å². The fourth-order valence-electron chi connectivity index (χ4n) is 2.40. The highest BCUT2D eigenvalue weighted by molar-refractivity contribution is 7.90. The van der Waals surface area contributed by atoms with Gasteiger partial charge in [0.1, 0.15) is 9.84 Å². The summed E-state index contributed by atoms with van der Waals surface area (Å²) in [5, 5.41) is 0. The second-order valence-corrected chi connectivity index (χ2v) is 7.99. The molecule has 1 fully saturated rings. The van der Waals surface area contributed by atoms with Crippen LogP contribution < -0.4 is 5.73 Å². The molecule has 0 bridgehead atoms. The van der Waals surface area contributed by atoms with Gasteiger partial charge in [-0.1, -0.05) is 6.42 Å². The first kappa shape index (κ1) is 14.9. The minimum Gasteiger partial charge on any atom is -0.326 e. The van der Waals surface area contributed by atoms with Crippen molar-refractivity contribution in [2.75, 3.05) is 25.1 Å². The molecule has 2 N–H and O–H groups in total. The smallest absolute Gasteiger partial charge is 0.147 e. The van der Waals surface area contributed by atoms with Gasteiger partial charge in [0.25, 0.3) is 0 Å². The molecular weight excluding hydrogens is 236 g/mol. The molecule has 1 atom stereocenters. The van der Waals surface area contributed by atoms with Gasteiger partial charge in [-0.25, -0.2) is 8.42 Å². The molecule has 1 heterocycles. The van der Waals surface area contributed by atoms with Crippen LogP contribution in [0.3, 0.4) is 0 Å². The number of rotatable bonds is 5. The summed E-state index contributed by atoms with van der Waals surface area (Å²) in [5.74, 6) is 0.186. The van der Waals surface area contributed by atoms with Gasteiger partial charge in [0.05, 0.1) is 5.75 Å². The van der Waals surface area contributed by atoms with Crippen molar-refractivity contribution in [1.29, 1.82) is 0 Å². The zero-order chi connectivity index (χ0) is 13.1. The molecule has 0 aliphatic carbocycles. The maximum Gasteiger partial charge on any atom is 0.147 e. The van der Waals surface area contributed by atoms with Gasteiger partial charge in [-0.15, -0.1) is 0 Å². The molecule has 0 aromatic heterocycles. The van der Waals surface area contributed by atoms with Gasteiger partial charge in [-0.3, -0.25) is 4.90 Å². The van der Waals surface area contributed by atoms with E-state index in [-0.39, 0.29) is 17.3 Å². The number of hydrogen-bond donors (Lipinski definition) is 1. The first-order chi connectivity index (χ1) is 7.73. The lowest BCUT2D eigenvalue weighted by Crippen LogP contribution is -2.57. The van der Waals surface area contributed by atoms with Crippen molar-refractivity contribution in [3.63, 3.8) is 0 Å². The van der Waals surface area contributed by atoms with Gasteiger partial charge < -0.3 is 5.73 Å². The zero-order valence-electron chi connectivity index (χ0n) is 11.3. The molecule has 1 unspecified atom stereocenters. The molecule has 1 saturated heterocycles. The van der Waals surface area contributed by atoms with Gasteiger partial charge >= 0.3 is 0 Å². The Morgan fingerprint density at radius 1 is 1.24 bits per heavy atom. The van der Waals surface area contributed by atoms with Gasteiger partial charge in [0, 0.05) is 17.8 Å². The first-order valence-electron chi connectivity index (χ1n) is 6.42. The molecule has 102 valence electrons. The third-order valence-electron chi connectivity index (χ3n) is 3.88. The zero-order valence-corrected chi connectivity index (χ0v) is 12.1. The Bertz CT molecular complexity index is 332. The lowest BCUT2D eigenvalue weighted by molar-refractivity contribution is 0.0722. The molecule has 4 nitrogen and oxygen atoms in total. The Hall–Kier alpha value is -0.130. The van der Waals surface area contributed by atoms with Crippen LogP contribution in [0.15, 0.2) is 0 Å². The van der Waals surface area contributed by atoms with Crippen LogP contribution in [0.5, 0.6) is 0 Å². The van der Waals surface area contributed by atoms with Crippen molar-refractivity contribution in [3.05, 3.63) is 0 Å². The van der Waals surface area contributed by atoms with Crippen LogP contribution >= 0.6 is 0 Å². The minimum atomic E-state index is -2.91. The topological polar surface area (TPSA) is 63.4 Å². The molecule has 0 saturated carbocycles. The summed E-state index contributed by atoms with van der Waals surface area (Å²) in [7, 11) is -2.91. The van der Waals surface area contributed by atoms with Crippen molar-refractivity contribution < 1.29 is 8.42 Å². The van der Waals surface area contributed by atoms with Gasteiger partial charge in [0.2, 0.25) is 0 Å². The number of sulfone groups is 1. The van der Waals surface area contributed by atoms with Crippen LogP contribution in [0.2, 0.25) is 0 Å². The van der Waals surface area contributed by atoms with Crippen LogP contribution in [-0.4, -0.2) is 50.0 Å². The number of likely N-dealkylation sites (tertiary alicyclic amines) is 1. The van der Waals surface area contributed by atoms with Crippen molar-refractivity contribution in [2.45, 2.75) is 51.1 Å². The van der Waals surface area contributed by atoms with Crippen LogP contribution in [0.25, 0.3) is 0 Å². The highest BCUT2D eigenvalue weighted by Gasteiger charge is 2.33. The summed E-state index contributed by atoms with van der Waals surface area (Å²) in [4.78, 5) is 2.41. The summed E-state index contributed by atoms with van der Waals surface area (Å²) in [6.07, 6.45) is 5.56. The minimum absolute atomic E-state index is 0.0877.